The van der Waals surface area contributed by atoms with Gasteiger partial charge < -0.3 is 14.3 Å². The van der Waals surface area contributed by atoms with Gasteiger partial charge in [0.25, 0.3) is 0 Å². The number of likely N-dealkylation sites (N-methyl/N-ethyl adjacent to an activating group) is 1. The van der Waals surface area contributed by atoms with Crippen molar-refractivity contribution in [3.05, 3.63) is 54.0 Å². The van der Waals surface area contributed by atoms with Crippen molar-refractivity contribution in [1.29, 1.82) is 0 Å². The fourth-order valence-electron chi connectivity index (χ4n) is 2.83. The van der Waals surface area contributed by atoms with Gasteiger partial charge in [0.1, 0.15) is 6.26 Å². The molecule has 1 atom stereocenters. The number of hydrogen-bond acceptors (Lipinski definition) is 7. The van der Waals surface area contributed by atoms with Crippen LogP contribution in [0.15, 0.2) is 45.5 Å². The van der Waals surface area contributed by atoms with Gasteiger partial charge in [0.05, 0.1) is 18.2 Å². The van der Waals surface area contributed by atoms with Crippen molar-refractivity contribution in [2.75, 3.05) is 26.7 Å². The van der Waals surface area contributed by atoms with Crippen LogP contribution < -0.4 is 5.32 Å². The minimum absolute atomic E-state index is 0. The SMILES string of the molecule is CN1CCNCC1c1noc(Cc2coc(-c3ccccc3)n2)n1.Cl. The predicted octanol–water partition coefficient (Wildman–Crippen LogP) is 2.31. The van der Waals surface area contributed by atoms with E-state index in [9.17, 15) is 0 Å². The molecule has 0 amide bonds. The molecule has 25 heavy (non-hydrogen) atoms. The van der Waals surface area contributed by atoms with Gasteiger partial charge in [0.2, 0.25) is 11.8 Å². The molecule has 3 heterocycles. The van der Waals surface area contributed by atoms with Crippen molar-refractivity contribution < 1.29 is 8.94 Å². The molecule has 1 aliphatic heterocycles. The van der Waals surface area contributed by atoms with E-state index in [1.165, 1.54) is 0 Å². The molecule has 1 fully saturated rings. The van der Waals surface area contributed by atoms with Crippen LogP contribution in [0.25, 0.3) is 11.5 Å². The van der Waals surface area contributed by atoms with Crippen molar-refractivity contribution in [2.24, 2.45) is 0 Å². The van der Waals surface area contributed by atoms with Crippen LogP contribution in [-0.2, 0) is 6.42 Å². The summed E-state index contributed by atoms with van der Waals surface area (Å²) in [7, 11) is 2.07. The Morgan fingerprint density at radius 2 is 2.08 bits per heavy atom. The first-order chi connectivity index (χ1) is 11.8. The van der Waals surface area contributed by atoms with Crippen molar-refractivity contribution in [3.63, 3.8) is 0 Å². The smallest absolute Gasteiger partial charge is 0.232 e. The first-order valence-corrected chi connectivity index (χ1v) is 8.03. The Morgan fingerprint density at radius 1 is 1.24 bits per heavy atom. The molecule has 1 aromatic carbocycles. The van der Waals surface area contributed by atoms with Crippen molar-refractivity contribution in [2.45, 2.75) is 12.5 Å². The molecular weight excluding hydrogens is 342 g/mol. The van der Waals surface area contributed by atoms with Crippen LogP contribution in [0.3, 0.4) is 0 Å². The second kappa shape index (κ2) is 7.77. The van der Waals surface area contributed by atoms with Crippen LogP contribution in [0.5, 0.6) is 0 Å². The minimum atomic E-state index is 0. The van der Waals surface area contributed by atoms with Crippen molar-refractivity contribution in [1.82, 2.24) is 25.3 Å². The normalized spacial score (nSPS) is 18.0. The summed E-state index contributed by atoms with van der Waals surface area (Å²) >= 11 is 0. The number of nitrogens with one attached hydrogen (secondary N) is 1. The van der Waals surface area contributed by atoms with Gasteiger partial charge in [0, 0.05) is 25.2 Å². The molecule has 0 aliphatic carbocycles. The summed E-state index contributed by atoms with van der Waals surface area (Å²) in [4.78, 5) is 11.2. The summed E-state index contributed by atoms with van der Waals surface area (Å²) < 4.78 is 10.9. The number of oxazole rings is 1. The molecule has 2 aromatic heterocycles. The van der Waals surface area contributed by atoms with E-state index in [0.29, 0.717) is 24.0 Å². The summed E-state index contributed by atoms with van der Waals surface area (Å²) in [6.07, 6.45) is 2.10. The highest BCUT2D eigenvalue weighted by molar-refractivity contribution is 5.85. The van der Waals surface area contributed by atoms with E-state index < -0.39 is 0 Å². The highest BCUT2D eigenvalue weighted by Crippen LogP contribution is 2.21. The highest BCUT2D eigenvalue weighted by atomic mass is 35.5. The van der Waals surface area contributed by atoms with Gasteiger partial charge in [0.15, 0.2) is 5.82 Å². The maximum absolute atomic E-state index is 5.54. The third-order valence-corrected chi connectivity index (χ3v) is 4.20. The molecule has 0 saturated carbocycles. The Balaban J connectivity index is 0.00000182. The summed E-state index contributed by atoms with van der Waals surface area (Å²) in [5.41, 5.74) is 1.73. The largest absolute Gasteiger partial charge is 0.444 e. The standard InChI is InChI=1S/C17H19N5O2.ClH/c1-22-8-7-18-10-14(22)16-20-15(24-21-16)9-13-11-23-17(19-13)12-5-3-2-4-6-12;/h2-6,11,14,18H,7-10H2,1H3;1H. The molecule has 1 aliphatic rings. The Bertz CT molecular complexity index is 804. The molecule has 7 nitrogen and oxygen atoms in total. The predicted molar refractivity (Wildman–Crippen MR) is 94.5 cm³/mol. The van der Waals surface area contributed by atoms with E-state index >= 15 is 0 Å². The maximum Gasteiger partial charge on any atom is 0.232 e. The average molecular weight is 362 g/mol. The van der Waals surface area contributed by atoms with Gasteiger partial charge in [-0.3, -0.25) is 4.90 Å². The molecule has 3 aromatic rings. The number of rotatable bonds is 4. The maximum atomic E-state index is 5.54. The van der Waals surface area contributed by atoms with Gasteiger partial charge in [-0.15, -0.1) is 12.4 Å². The monoisotopic (exact) mass is 361 g/mol. The molecule has 1 saturated heterocycles. The van der Waals surface area contributed by atoms with E-state index in [2.05, 4.69) is 32.4 Å². The van der Waals surface area contributed by atoms with Crippen molar-refractivity contribution in [3.8, 4) is 11.5 Å². The first kappa shape index (κ1) is 17.6. The number of halogens is 1. The molecule has 0 bridgehead atoms. The minimum Gasteiger partial charge on any atom is -0.444 e. The quantitative estimate of drug-likeness (QED) is 0.763. The van der Waals surface area contributed by atoms with Crippen LogP contribution in [0.4, 0.5) is 0 Å². The van der Waals surface area contributed by atoms with Crippen LogP contribution in [0, 0.1) is 0 Å². The fraction of sp³-hybridized carbons (Fsp3) is 0.353. The number of nitrogens with zero attached hydrogens (tertiary/aromatic N) is 4. The number of piperazine rings is 1. The zero-order valence-electron chi connectivity index (χ0n) is 13.9. The van der Waals surface area contributed by atoms with Gasteiger partial charge in [-0.25, -0.2) is 4.98 Å². The number of hydrogen-bond donors (Lipinski definition) is 1. The van der Waals surface area contributed by atoms with Gasteiger partial charge >= 0.3 is 0 Å². The second-order valence-electron chi connectivity index (χ2n) is 5.93. The van der Waals surface area contributed by atoms with Crippen LogP contribution in [0.2, 0.25) is 0 Å². The van der Waals surface area contributed by atoms with Gasteiger partial charge in [-0.05, 0) is 19.2 Å². The van der Waals surface area contributed by atoms with E-state index in [1.807, 2.05) is 30.3 Å². The molecule has 132 valence electrons. The topological polar surface area (TPSA) is 80.2 Å². The third-order valence-electron chi connectivity index (χ3n) is 4.20. The molecule has 0 radical (unpaired) electrons. The number of benzene rings is 1. The zero-order valence-corrected chi connectivity index (χ0v) is 14.7. The first-order valence-electron chi connectivity index (χ1n) is 8.03. The zero-order chi connectivity index (χ0) is 16.4. The van der Waals surface area contributed by atoms with E-state index in [-0.39, 0.29) is 18.4 Å². The lowest BCUT2D eigenvalue weighted by molar-refractivity contribution is 0.190. The van der Waals surface area contributed by atoms with Crippen LogP contribution in [0.1, 0.15) is 23.5 Å². The summed E-state index contributed by atoms with van der Waals surface area (Å²) in [6, 6.07) is 9.95. The fourth-order valence-corrected chi connectivity index (χ4v) is 2.83. The summed E-state index contributed by atoms with van der Waals surface area (Å²) in [5, 5.41) is 7.48. The Kier molecular flexibility index (Phi) is 5.47. The lowest BCUT2D eigenvalue weighted by Crippen LogP contribution is -2.44. The van der Waals surface area contributed by atoms with Crippen molar-refractivity contribution >= 4 is 12.4 Å². The summed E-state index contributed by atoms with van der Waals surface area (Å²) in [5.74, 6) is 1.87. The van der Waals surface area contributed by atoms with E-state index in [1.54, 1.807) is 6.26 Å². The molecule has 4 rings (SSSR count). The van der Waals surface area contributed by atoms with E-state index in [0.717, 1.165) is 30.9 Å². The van der Waals surface area contributed by atoms with Crippen LogP contribution in [-0.4, -0.2) is 46.7 Å². The number of aromatic nitrogens is 3. The van der Waals surface area contributed by atoms with E-state index in [4.69, 9.17) is 8.94 Å². The molecule has 0 spiro atoms. The Hall–Kier alpha value is -2.22. The molecule has 8 heteroatoms. The Labute approximate surface area is 151 Å². The molecular formula is C17H20ClN5O2. The summed E-state index contributed by atoms with van der Waals surface area (Å²) in [6.45, 7) is 2.79. The lowest BCUT2D eigenvalue weighted by atomic mass is 10.2. The average Bonchev–Trinajstić information content (AvgIpc) is 3.26. The lowest BCUT2D eigenvalue weighted by Gasteiger charge is -2.30. The third kappa shape index (κ3) is 3.89. The van der Waals surface area contributed by atoms with Crippen LogP contribution >= 0.6 is 12.4 Å². The highest BCUT2D eigenvalue weighted by Gasteiger charge is 2.25. The second-order valence-corrected chi connectivity index (χ2v) is 5.93. The van der Waals surface area contributed by atoms with Gasteiger partial charge in [-0.2, -0.15) is 4.98 Å². The molecule has 1 unspecified atom stereocenters. The molecule has 1 N–H and O–H groups in total. The van der Waals surface area contributed by atoms with Gasteiger partial charge in [-0.1, -0.05) is 23.4 Å². The Morgan fingerprint density at radius 3 is 2.88 bits per heavy atom.